The van der Waals surface area contributed by atoms with Crippen LogP contribution in [0.1, 0.15) is 19.3 Å². The second kappa shape index (κ2) is 2.22. The van der Waals surface area contributed by atoms with E-state index < -0.39 is 0 Å². The van der Waals surface area contributed by atoms with Crippen molar-refractivity contribution in [3.63, 3.8) is 0 Å². The molecule has 0 fully saturated rings. The molecule has 48 valence electrons. The molecule has 0 saturated carbocycles. The third kappa shape index (κ3) is 0.940. The van der Waals surface area contributed by atoms with E-state index in [0.29, 0.717) is 0 Å². The molecular weight excluding hydrogens is 128 g/mol. The first-order chi connectivity index (χ1) is 4.47. The minimum atomic E-state index is 0.809. The third-order valence-corrected chi connectivity index (χ3v) is 2.98. The fourth-order valence-electron chi connectivity index (χ4n) is 1.41. The molecule has 0 saturated heterocycles. The summed E-state index contributed by atoms with van der Waals surface area (Å²) >= 11 is 1.91. The summed E-state index contributed by atoms with van der Waals surface area (Å²) in [5, 5.41) is 2.22. The summed E-state index contributed by atoms with van der Waals surface area (Å²) in [7, 11) is 0. The van der Waals surface area contributed by atoms with E-state index in [1.807, 2.05) is 11.8 Å². The van der Waals surface area contributed by atoms with Gasteiger partial charge in [0.15, 0.2) is 0 Å². The van der Waals surface area contributed by atoms with Crippen molar-refractivity contribution in [1.29, 1.82) is 0 Å². The van der Waals surface area contributed by atoms with Crippen LogP contribution in [0.4, 0.5) is 0 Å². The van der Waals surface area contributed by atoms with Crippen molar-refractivity contribution in [2.45, 2.75) is 19.3 Å². The lowest BCUT2D eigenvalue weighted by atomic mass is 9.96. The van der Waals surface area contributed by atoms with Crippen molar-refractivity contribution in [2.24, 2.45) is 5.92 Å². The van der Waals surface area contributed by atoms with E-state index in [1.54, 1.807) is 4.91 Å². The van der Waals surface area contributed by atoms with Crippen LogP contribution in [0, 0.1) is 5.92 Å². The molecule has 1 unspecified atom stereocenters. The SMILES string of the molecule is C1=CC2CCCC=C2S1. The standard InChI is InChI=1S/C8H10S/c1-2-4-8-7(3-1)5-6-9-8/h4-7H,1-3H2. The van der Waals surface area contributed by atoms with Crippen LogP contribution >= 0.6 is 11.8 Å². The zero-order valence-electron chi connectivity index (χ0n) is 5.34. The highest BCUT2D eigenvalue weighted by Gasteiger charge is 2.17. The molecule has 2 aliphatic rings. The van der Waals surface area contributed by atoms with E-state index in [2.05, 4.69) is 17.6 Å². The molecule has 0 N–H and O–H groups in total. The summed E-state index contributed by atoms with van der Waals surface area (Å²) < 4.78 is 0. The Morgan fingerprint density at radius 3 is 3.44 bits per heavy atom. The van der Waals surface area contributed by atoms with Gasteiger partial charge in [-0.2, -0.15) is 0 Å². The Morgan fingerprint density at radius 2 is 2.56 bits per heavy atom. The minimum Gasteiger partial charge on any atom is -0.103 e. The fraction of sp³-hybridized carbons (Fsp3) is 0.500. The normalized spacial score (nSPS) is 32.0. The molecule has 1 aliphatic heterocycles. The Balaban J connectivity index is 2.22. The molecule has 0 aromatic heterocycles. The van der Waals surface area contributed by atoms with Gasteiger partial charge in [-0.15, -0.1) is 11.8 Å². The van der Waals surface area contributed by atoms with Crippen LogP contribution in [0.2, 0.25) is 0 Å². The van der Waals surface area contributed by atoms with Gasteiger partial charge in [0.05, 0.1) is 0 Å². The van der Waals surface area contributed by atoms with E-state index >= 15 is 0 Å². The highest BCUT2D eigenvalue weighted by Crippen LogP contribution is 2.39. The molecule has 0 spiro atoms. The van der Waals surface area contributed by atoms with Crippen LogP contribution < -0.4 is 0 Å². The van der Waals surface area contributed by atoms with E-state index in [1.165, 1.54) is 19.3 Å². The maximum atomic E-state index is 2.39. The van der Waals surface area contributed by atoms with Crippen molar-refractivity contribution >= 4 is 11.8 Å². The topological polar surface area (TPSA) is 0 Å². The lowest BCUT2D eigenvalue weighted by Gasteiger charge is -2.14. The molecule has 0 bridgehead atoms. The van der Waals surface area contributed by atoms with Crippen LogP contribution in [0.25, 0.3) is 0 Å². The molecule has 0 aromatic rings. The fourth-order valence-corrected chi connectivity index (χ4v) is 2.43. The average Bonchev–Trinajstić information content (AvgIpc) is 2.33. The Labute approximate surface area is 60.0 Å². The summed E-state index contributed by atoms with van der Waals surface area (Å²) in [6.45, 7) is 0. The average molecular weight is 138 g/mol. The number of rotatable bonds is 0. The van der Waals surface area contributed by atoms with Crippen LogP contribution in [0.3, 0.4) is 0 Å². The van der Waals surface area contributed by atoms with Gasteiger partial charge in [-0.1, -0.05) is 12.2 Å². The van der Waals surface area contributed by atoms with Crippen LogP contribution in [-0.4, -0.2) is 0 Å². The third-order valence-electron chi connectivity index (χ3n) is 1.95. The van der Waals surface area contributed by atoms with Gasteiger partial charge in [-0.3, -0.25) is 0 Å². The van der Waals surface area contributed by atoms with Gasteiger partial charge in [-0.25, -0.2) is 0 Å². The molecule has 1 heteroatoms. The van der Waals surface area contributed by atoms with E-state index in [-0.39, 0.29) is 0 Å². The zero-order valence-corrected chi connectivity index (χ0v) is 6.16. The van der Waals surface area contributed by atoms with Crippen molar-refractivity contribution in [2.75, 3.05) is 0 Å². The molecule has 0 amide bonds. The van der Waals surface area contributed by atoms with Crippen molar-refractivity contribution in [3.8, 4) is 0 Å². The summed E-state index contributed by atoms with van der Waals surface area (Å²) in [5.41, 5.74) is 0. The smallest absolute Gasteiger partial charge is 0.00864 e. The van der Waals surface area contributed by atoms with Gasteiger partial charge in [0.25, 0.3) is 0 Å². The number of allylic oxidation sites excluding steroid dienone is 3. The summed E-state index contributed by atoms with van der Waals surface area (Å²) in [4.78, 5) is 1.60. The molecule has 9 heavy (non-hydrogen) atoms. The van der Waals surface area contributed by atoms with Gasteiger partial charge >= 0.3 is 0 Å². The van der Waals surface area contributed by atoms with E-state index in [9.17, 15) is 0 Å². The highest BCUT2D eigenvalue weighted by atomic mass is 32.2. The lowest BCUT2D eigenvalue weighted by molar-refractivity contribution is 0.627. The number of hydrogen-bond acceptors (Lipinski definition) is 1. The van der Waals surface area contributed by atoms with Gasteiger partial charge in [0.1, 0.15) is 0 Å². The molecular formula is C8H10S. The van der Waals surface area contributed by atoms with Gasteiger partial charge in [0.2, 0.25) is 0 Å². The largest absolute Gasteiger partial charge is 0.103 e. The van der Waals surface area contributed by atoms with E-state index in [4.69, 9.17) is 0 Å². The van der Waals surface area contributed by atoms with Gasteiger partial charge < -0.3 is 0 Å². The number of hydrogen-bond donors (Lipinski definition) is 0. The zero-order chi connectivity index (χ0) is 6.10. The highest BCUT2D eigenvalue weighted by molar-refractivity contribution is 8.06. The second-order valence-corrected chi connectivity index (χ2v) is 3.57. The van der Waals surface area contributed by atoms with Crippen molar-refractivity contribution < 1.29 is 0 Å². The summed E-state index contributed by atoms with van der Waals surface area (Å²) in [6, 6.07) is 0. The maximum Gasteiger partial charge on any atom is 0.00864 e. The number of fused-ring (bicyclic) bond motifs is 1. The van der Waals surface area contributed by atoms with Crippen LogP contribution in [0.5, 0.6) is 0 Å². The summed E-state index contributed by atoms with van der Waals surface area (Å²) in [5.74, 6) is 0.809. The Bertz CT molecular complexity index is 167. The first-order valence-electron chi connectivity index (χ1n) is 3.50. The Hall–Kier alpha value is -0.170. The van der Waals surface area contributed by atoms with Crippen LogP contribution in [0.15, 0.2) is 22.5 Å². The first-order valence-corrected chi connectivity index (χ1v) is 4.38. The van der Waals surface area contributed by atoms with Gasteiger partial charge in [0, 0.05) is 5.92 Å². The predicted octanol–water partition coefficient (Wildman–Crippen LogP) is 2.93. The molecule has 0 nitrogen and oxygen atoms in total. The molecule has 1 heterocycles. The molecule has 0 aromatic carbocycles. The molecule has 0 radical (unpaired) electrons. The van der Waals surface area contributed by atoms with Crippen molar-refractivity contribution in [1.82, 2.24) is 0 Å². The summed E-state index contributed by atoms with van der Waals surface area (Å²) in [6.07, 6.45) is 8.80. The molecule has 1 atom stereocenters. The minimum absolute atomic E-state index is 0.809. The Morgan fingerprint density at radius 1 is 1.56 bits per heavy atom. The second-order valence-electron chi connectivity index (χ2n) is 2.59. The quantitative estimate of drug-likeness (QED) is 0.496. The van der Waals surface area contributed by atoms with Crippen molar-refractivity contribution in [3.05, 3.63) is 22.5 Å². The van der Waals surface area contributed by atoms with Gasteiger partial charge in [-0.05, 0) is 29.6 Å². The van der Waals surface area contributed by atoms with Crippen LogP contribution in [-0.2, 0) is 0 Å². The van der Waals surface area contributed by atoms with E-state index in [0.717, 1.165) is 5.92 Å². The molecule has 1 aliphatic carbocycles. The number of thioether (sulfide) groups is 1. The lowest BCUT2D eigenvalue weighted by Crippen LogP contribution is -1.98. The predicted molar refractivity (Wildman–Crippen MR) is 42.2 cm³/mol. The monoisotopic (exact) mass is 138 g/mol. The Kier molecular flexibility index (Phi) is 1.38. The maximum absolute atomic E-state index is 2.39. The molecule has 2 rings (SSSR count). The first kappa shape index (κ1) is 5.60.